The largest absolute Gasteiger partial charge is 0.485 e. The van der Waals surface area contributed by atoms with Gasteiger partial charge in [0.15, 0.2) is 6.61 Å². The molecule has 1 saturated carbocycles. The van der Waals surface area contributed by atoms with Gasteiger partial charge in [-0.3, -0.25) is 9.78 Å². The van der Waals surface area contributed by atoms with E-state index in [9.17, 15) is 4.79 Å². The first-order valence-electron chi connectivity index (χ1n) is 9.82. The smallest absolute Gasteiger partial charge is 0.202 e. The maximum Gasteiger partial charge on any atom is 0.202 e. The third-order valence-corrected chi connectivity index (χ3v) is 5.67. The van der Waals surface area contributed by atoms with Crippen molar-refractivity contribution in [2.24, 2.45) is 0 Å². The number of hydrogen-bond donors (Lipinski definition) is 0. The van der Waals surface area contributed by atoms with E-state index in [0.29, 0.717) is 11.8 Å². The molecule has 4 heteroatoms. The molecule has 0 unspecified atom stereocenters. The van der Waals surface area contributed by atoms with Crippen LogP contribution in [-0.4, -0.2) is 21.9 Å². The van der Waals surface area contributed by atoms with Crippen molar-refractivity contribution in [3.63, 3.8) is 0 Å². The van der Waals surface area contributed by atoms with Gasteiger partial charge in [-0.1, -0.05) is 25.3 Å². The molecule has 0 amide bonds. The molecule has 1 aliphatic rings. The molecule has 1 fully saturated rings. The van der Waals surface area contributed by atoms with Gasteiger partial charge >= 0.3 is 0 Å². The first-order chi connectivity index (χ1) is 13.1. The summed E-state index contributed by atoms with van der Waals surface area (Å²) >= 11 is 0. The summed E-state index contributed by atoms with van der Waals surface area (Å²) in [6, 6.07) is 12.2. The molecule has 0 radical (unpaired) electrons. The molecule has 0 atom stereocenters. The fourth-order valence-electron chi connectivity index (χ4n) is 4.33. The lowest BCUT2D eigenvalue weighted by Gasteiger charge is -2.26. The number of ether oxygens (including phenoxy) is 1. The molecule has 0 saturated heterocycles. The Labute approximate surface area is 160 Å². The summed E-state index contributed by atoms with van der Waals surface area (Å²) in [6.07, 6.45) is 8.10. The maximum atomic E-state index is 12.8. The number of hydrogen-bond acceptors (Lipinski definition) is 3. The standard InChI is InChI=1S/C23H26N2O2/c1-16-13-21(17(2)25(16)19-8-4-3-5-9-19)23(26)15-27-20-10-11-22-18(14-20)7-6-12-24-22/h6-7,10-14,19H,3-5,8-9,15H2,1-2H3. The van der Waals surface area contributed by atoms with Gasteiger partial charge in [0.1, 0.15) is 5.75 Å². The molecule has 3 aromatic rings. The van der Waals surface area contributed by atoms with Crippen molar-refractivity contribution >= 4 is 16.7 Å². The van der Waals surface area contributed by atoms with E-state index >= 15 is 0 Å². The Hall–Kier alpha value is -2.62. The average Bonchev–Trinajstić information content (AvgIpc) is 3.01. The number of Topliss-reactive ketones (excluding diaryl/α,β-unsaturated/α-hetero) is 1. The molecule has 2 heterocycles. The number of pyridine rings is 1. The Morgan fingerprint density at radius 2 is 1.96 bits per heavy atom. The van der Waals surface area contributed by atoms with Crippen molar-refractivity contribution < 1.29 is 9.53 Å². The molecular formula is C23H26N2O2. The maximum absolute atomic E-state index is 12.8. The van der Waals surface area contributed by atoms with Crippen LogP contribution in [0, 0.1) is 13.8 Å². The first-order valence-corrected chi connectivity index (χ1v) is 9.82. The summed E-state index contributed by atoms with van der Waals surface area (Å²) in [5.74, 6) is 0.737. The van der Waals surface area contributed by atoms with Crippen molar-refractivity contribution in [2.45, 2.75) is 52.0 Å². The molecule has 1 aromatic carbocycles. The summed E-state index contributed by atoms with van der Waals surface area (Å²) in [5.41, 5.74) is 3.97. The zero-order valence-electron chi connectivity index (χ0n) is 16.1. The van der Waals surface area contributed by atoms with Crippen molar-refractivity contribution in [1.82, 2.24) is 9.55 Å². The zero-order valence-corrected chi connectivity index (χ0v) is 16.1. The molecular weight excluding hydrogens is 336 g/mol. The van der Waals surface area contributed by atoms with E-state index in [1.807, 2.05) is 36.4 Å². The lowest BCUT2D eigenvalue weighted by molar-refractivity contribution is 0.0920. The summed E-state index contributed by atoms with van der Waals surface area (Å²) in [7, 11) is 0. The van der Waals surface area contributed by atoms with Gasteiger partial charge in [-0.15, -0.1) is 0 Å². The fraction of sp³-hybridized carbons (Fsp3) is 0.391. The first kappa shape index (κ1) is 17.8. The van der Waals surface area contributed by atoms with Crippen molar-refractivity contribution in [1.29, 1.82) is 0 Å². The average molecular weight is 362 g/mol. The summed E-state index contributed by atoms with van der Waals surface area (Å²) < 4.78 is 8.16. The number of carbonyl (C=O) groups is 1. The van der Waals surface area contributed by atoms with Crippen LogP contribution in [0.2, 0.25) is 0 Å². The predicted octanol–water partition coefficient (Wildman–Crippen LogP) is 5.42. The van der Waals surface area contributed by atoms with Crippen LogP contribution in [0.1, 0.15) is 59.9 Å². The molecule has 0 N–H and O–H groups in total. The highest BCUT2D eigenvalue weighted by Crippen LogP contribution is 2.32. The van der Waals surface area contributed by atoms with Gasteiger partial charge in [0.2, 0.25) is 5.78 Å². The van der Waals surface area contributed by atoms with Gasteiger partial charge in [-0.05, 0) is 57.0 Å². The van der Waals surface area contributed by atoms with Crippen LogP contribution >= 0.6 is 0 Å². The molecule has 27 heavy (non-hydrogen) atoms. The molecule has 140 valence electrons. The third kappa shape index (κ3) is 3.61. The van der Waals surface area contributed by atoms with E-state index in [0.717, 1.165) is 22.2 Å². The quantitative estimate of drug-likeness (QED) is 0.569. The Morgan fingerprint density at radius 1 is 1.15 bits per heavy atom. The van der Waals surface area contributed by atoms with Crippen molar-refractivity contribution in [3.8, 4) is 5.75 Å². The number of nitrogens with zero attached hydrogens (tertiary/aromatic N) is 2. The van der Waals surface area contributed by atoms with Crippen LogP contribution in [0.3, 0.4) is 0 Å². The molecule has 0 bridgehead atoms. The number of carbonyl (C=O) groups excluding carboxylic acids is 1. The minimum atomic E-state index is 0.0384. The second-order valence-corrected chi connectivity index (χ2v) is 7.52. The Bertz CT molecular complexity index is 968. The van der Waals surface area contributed by atoms with Crippen LogP contribution in [0.25, 0.3) is 10.9 Å². The number of ketones is 1. The van der Waals surface area contributed by atoms with Gasteiger partial charge < -0.3 is 9.30 Å². The van der Waals surface area contributed by atoms with Gasteiger partial charge in [0, 0.05) is 34.6 Å². The SMILES string of the molecule is Cc1cc(C(=O)COc2ccc3ncccc3c2)c(C)n1C1CCCCC1. The van der Waals surface area contributed by atoms with E-state index in [1.165, 1.54) is 37.8 Å². The lowest BCUT2D eigenvalue weighted by Crippen LogP contribution is -2.17. The van der Waals surface area contributed by atoms with Crippen LogP contribution < -0.4 is 4.74 Å². The summed E-state index contributed by atoms with van der Waals surface area (Å²) in [5, 5.41) is 1.01. The van der Waals surface area contributed by atoms with E-state index in [-0.39, 0.29) is 12.4 Å². The molecule has 2 aromatic heterocycles. The summed E-state index contributed by atoms with van der Waals surface area (Å²) in [4.78, 5) is 17.1. The number of aromatic nitrogens is 2. The van der Waals surface area contributed by atoms with E-state index in [2.05, 4.69) is 23.4 Å². The van der Waals surface area contributed by atoms with Crippen molar-refractivity contribution in [2.75, 3.05) is 6.61 Å². The number of aryl methyl sites for hydroxylation is 1. The zero-order chi connectivity index (χ0) is 18.8. The number of benzene rings is 1. The number of rotatable bonds is 5. The molecule has 4 nitrogen and oxygen atoms in total. The second-order valence-electron chi connectivity index (χ2n) is 7.52. The topological polar surface area (TPSA) is 44.1 Å². The summed E-state index contributed by atoms with van der Waals surface area (Å²) in [6.45, 7) is 4.23. The van der Waals surface area contributed by atoms with Gasteiger partial charge in [0.05, 0.1) is 5.52 Å². The van der Waals surface area contributed by atoms with E-state index in [4.69, 9.17) is 4.74 Å². The highest BCUT2D eigenvalue weighted by atomic mass is 16.5. The van der Waals surface area contributed by atoms with Crippen LogP contribution in [0.4, 0.5) is 0 Å². The molecule has 1 aliphatic carbocycles. The molecule has 0 spiro atoms. The second kappa shape index (κ2) is 7.55. The lowest BCUT2D eigenvalue weighted by atomic mass is 9.95. The predicted molar refractivity (Wildman–Crippen MR) is 108 cm³/mol. The monoisotopic (exact) mass is 362 g/mol. The van der Waals surface area contributed by atoms with E-state index in [1.54, 1.807) is 6.20 Å². The van der Waals surface area contributed by atoms with Crippen LogP contribution in [0.5, 0.6) is 5.75 Å². The fourth-order valence-corrected chi connectivity index (χ4v) is 4.33. The minimum absolute atomic E-state index is 0.0384. The van der Waals surface area contributed by atoms with Gasteiger partial charge in [-0.2, -0.15) is 0 Å². The number of fused-ring (bicyclic) bond motifs is 1. The van der Waals surface area contributed by atoms with Crippen LogP contribution in [0.15, 0.2) is 42.6 Å². The normalized spacial score (nSPS) is 15.2. The van der Waals surface area contributed by atoms with Crippen LogP contribution in [-0.2, 0) is 0 Å². The third-order valence-electron chi connectivity index (χ3n) is 5.67. The van der Waals surface area contributed by atoms with Gasteiger partial charge in [-0.25, -0.2) is 0 Å². The van der Waals surface area contributed by atoms with Gasteiger partial charge in [0.25, 0.3) is 0 Å². The Balaban J connectivity index is 1.49. The molecule has 4 rings (SSSR count). The minimum Gasteiger partial charge on any atom is -0.485 e. The van der Waals surface area contributed by atoms with E-state index < -0.39 is 0 Å². The Morgan fingerprint density at radius 3 is 2.78 bits per heavy atom. The Kier molecular flexibility index (Phi) is 4.97. The van der Waals surface area contributed by atoms with Crippen molar-refractivity contribution in [3.05, 3.63) is 59.5 Å². The highest BCUT2D eigenvalue weighted by Gasteiger charge is 2.22. The highest BCUT2D eigenvalue weighted by molar-refractivity contribution is 5.98. The molecule has 0 aliphatic heterocycles.